The normalized spacial score (nSPS) is 16.4. The third-order valence-corrected chi connectivity index (χ3v) is 4.45. The van der Waals surface area contributed by atoms with Crippen LogP contribution in [0.15, 0.2) is 28.7 Å². The number of nitrogens with one attached hydrogen (secondary N) is 1. The number of amides is 1. The van der Waals surface area contributed by atoms with Crippen molar-refractivity contribution in [3.05, 3.63) is 34.3 Å². The fraction of sp³-hybridized carbons (Fsp3) is 0.562. The van der Waals surface area contributed by atoms with Crippen molar-refractivity contribution in [2.45, 2.75) is 26.2 Å². The average molecular weight is 339 g/mol. The summed E-state index contributed by atoms with van der Waals surface area (Å²) in [5.41, 5.74) is 1.09. The highest BCUT2D eigenvalue weighted by Gasteiger charge is 2.22. The molecular weight excluding hydrogens is 316 g/mol. The Balaban J connectivity index is 1.78. The highest BCUT2D eigenvalue weighted by atomic mass is 79.9. The van der Waals surface area contributed by atoms with Crippen molar-refractivity contribution in [3.63, 3.8) is 0 Å². The SMILES string of the molecule is CCNCC1CCN(C(=O)Cc2ccc(Br)cc2)CC1. The zero-order valence-corrected chi connectivity index (χ0v) is 13.7. The predicted octanol–water partition coefficient (Wildman–Crippen LogP) is 2.84. The lowest BCUT2D eigenvalue weighted by Gasteiger charge is -2.32. The van der Waals surface area contributed by atoms with Crippen molar-refractivity contribution in [1.82, 2.24) is 10.2 Å². The van der Waals surface area contributed by atoms with E-state index in [-0.39, 0.29) is 5.91 Å². The fourth-order valence-corrected chi connectivity index (χ4v) is 2.89. The molecule has 1 heterocycles. The molecule has 2 rings (SSSR count). The zero-order valence-electron chi connectivity index (χ0n) is 12.1. The van der Waals surface area contributed by atoms with Crippen LogP contribution in [0.25, 0.3) is 0 Å². The van der Waals surface area contributed by atoms with Crippen LogP contribution in [-0.2, 0) is 11.2 Å². The maximum Gasteiger partial charge on any atom is 0.226 e. The molecule has 1 aliphatic rings. The van der Waals surface area contributed by atoms with E-state index in [4.69, 9.17) is 0 Å². The lowest BCUT2D eigenvalue weighted by atomic mass is 9.96. The third kappa shape index (κ3) is 4.60. The minimum absolute atomic E-state index is 0.259. The fourth-order valence-electron chi connectivity index (χ4n) is 2.62. The van der Waals surface area contributed by atoms with Crippen molar-refractivity contribution in [2.24, 2.45) is 5.92 Å². The Bertz CT molecular complexity index is 425. The summed E-state index contributed by atoms with van der Waals surface area (Å²) < 4.78 is 1.05. The number of rotatable bonds is 5. The van der Waals surface area contributed by atoms with E-state index in [2.05, 4.69) is 28.2 Å². The van der Waals surface area contributed by atoms with Gasteiger partial charge in [-0.2, -0.15) is 0 Å². The molecule has 0 unspecified atom stereocenters. The van der Waals surface area contributed by atoms with E-state index in [1.807, 2.05) is 29.2 Å². The molecule has 0 radical (unpaired) electrons. The van der Waals surface area contributed by atoms with E-state index in [9.17, 15) is 4.79 Å². The summed E-state index contributed by atoms with van der Waals surface area (Å²) in [7, 11) is 0. The van der Waals surface area contributed by atoms with E-state index in [1.54, 1.807) is 0 Å². The van der Waals surface area contributed by atoms with Crippen molar-refractivity contribution in [2.75, 3.05) is 26.2 Å². The number of halogens is 1. The van der Waals surface area contributed by atoms with Gasteiger partial charge in [0.1, 0.15) is 0 Å². The van der Waals surface area contributed by atoms with Crippen LogP contribution in [0.2, 0.25) is 0 Å². The monoisotopic (exact) mass is 338 g/mol. The van der Waals surface area contributed by atoms with Crippen molar-refractivity contribution >= 4 is 21.8 Å². The average Bonchev–Trinajstić information content (AvgIpc) is 2.48. The quantitative estimate of drug-likeness (QED) is 0.895. The first kappa shape index (κ1) is 15.5. The highest BCUT2D eigenvalue weighted by molar-refractivity contribution is 9.10. The van der Waals surface area contributed by atoms with Crippen LogP contribution in [0, 0.1) is 5.92 Å². The van der Waals surface area contributed by atoms with Crippen molar-refractivity contribution in [1.29, 1.82) is 0 Å². The van der Waals surface area contributed by atoms with Crippen molar-refractivity contribution < 1.29 is 4.79 Å². The summed E-state index contributed by atoms with van der Waals surface area (Å²) in [6.07, 6.45) is 2.77. The van der Waals surface area contributed by atoms with Crippen LogP contribution >= 0.6 is 15.9 Å². The first-order chi connectivity index (χ1) is 9.69. The number of carbonyl (C=O) groups is 1. The lowest BCUT2D eigenvalue weighted by Crippen LogP contribution is -2.41. The maximum absolute atomic E-state index is 12.3. The van der Waals surface area contributed by atoms with Gasteiger partial charge in [-0.1, -0.05) is 35.0 Å². The Kier molecular flexibility index (Phi) is 6.05. The second-order valence-corrected chi connectivity index (χ2v) is 6.35. The highest BCUT2D eigenvalue weighted by Crippen LogP contribution is 2.18. The van der Waals surface area contributed by atoms with Crippen LogP contribution in [0.5, 0.6) is 0 Å². The molecule has 4 heteroatoms. The molecular formula is C16H23BrN2O. The van der Waals surface area contributed by atoms with Gasteiger partial charge in [0.15, 0.2) is 0 Å². The molecule has 0 atom stereocenters. The van der Waals surface area contributed by atoms with Gasteiger partial charge in [0.05, 0.1) is 6.42 Å². The number of likely N-dealkylation sites (tertiary alicyclic amines) is 1. The van der Waals surface area contributed by atoms with Gasteiger partial charge in [-0.25, -0.2) is 0 Å². The minimum Gasteiger partial charge on any atom is -0.342 e. The second-order valence-electron chi connectivity index (χ2n) is 5.44. The predicted molar refractivity (Wildman–Crippen MR) is 85.7 cm³/mol. The maximum atomic E-state index is 12.3. The Morgan fingerprint density at radius 1 is 1.30 bits per heavy atom. The Morgan fingerprint density at radius 2 is 1.95 bits per heavy atom. The molecule has 0 bridgehead atoms. The van der Waals surface area contributed by atoms with E-state index >= 15 is 0 Å². The largest absolute Gasteiger partial charge is 0.342 e. The van der Waals surface area contributed by atoms with E-state index in [0.717, 1.165) is 55.0 Å². The van der Waals surface area contributed by atoms with Gasteiger partial charge in [0, 0.05) is 17.6 Å². The first-order valence-electron chi connectivity index (χ1n) is 7.42. The minimum atomic E-state index is 0.259. The molecule has 0 spiro atoms. The van der Waals surface area contributed by atoms with E-state index < -0.39 is 0 Å². The molecule has 110 valence electrons. The summed E-state index contributed by atoms with van der Waals surface area (Å²) in [6.45, 7) is 6.07. The van der Waals surface area contributed by atoms with Crippen LogP contribution in [0.3, 0.4) is 0 Å². The van der Waals surface area contributed by atoms with Crippen LogP contribution in [0.4, 0.5) is 0 Å². The molecule has 1 aromatic carbocycles. The molecule has 1 fully saturated rings. The molecule has 3 nitrogen and oxygen atoms in total. The Labute approximate surface area is 129 Å². The van der Waals surface area contributed by atoms with Gasteiger partial charge in [-0.05, 0) is 49.5 Å². The summed E-state index contributed by atoms with van der Waals surface area (Å²) >= 11 is 3.41. The van der Waals surface area contributed by atoms with Crippen LogP contribution in [0.1, 0.15) is 25.3 Å². The molecule has 1 N–H and O–H groups in total. The number of hydrogen-bond acceptors (Lipinski definition) is 2. The molecule has 0 aliphatic carbocycles. The number of nitrogens with zero attached hydrogens (tertiary/aromatic N) is 1. The Morgan fingerprint density at radius 3 is 2.55 bits per heavy atom. The van der Waals surface area contributed by atoms with Gasteiger partial charge >= 0.3 is 0 Å². The molecule has 20 heavy (non-hydrogen) atoms. The molecule has 1 saturated heterocycles. The van der Waals surface area contributed by atoms with Gasteiger partial charge in [0.2, 0.25) is 5.91 Å². The van der Waals surface area contributed by atoms with E-state index in [1.165, 1.54) is 0 Å². The summed E-state index contributed by atoms with van der Waals surface area (Å²) in [6, 6.07) is 8.01. The topological polar surface area (TPSA) is 32.3 Å². The van der Waals surface area contributed by atoms with Gasteiger partial charge in [-0.15, -0.1) is 0 Å². The first-order valence-corrected chi connectivity index (χ1v) is 8.21. The molecule has 0 saturated carbocycles. The van der Waals surface area contributed by atoms with E-state index in [0.29, 0.717) is 6.42 Å². The smallest absolute Gasteiger partial charge is 0.226 e. The molecule has 1 amide bonds. The summed E-state index contributed by atoms with van der Waals surface area (Å²) in [4.78, 5) is 14.3. The van der Waals surface area contributed by atoms with Crippen molar-refractivity contribution in [3.8, 4) is 0 Å². The lowest BCUT2D eigenvalue weighted by molar-refractivity contribution is -0.131. The zero-order chi connectivity index (χ0) is 14.4. The molecule has 1 aliphatic heterocycles. The molecule has 0 aromatic heterocycles. The number of hydrogen-bond donors (Lipinski definition) is 1. The molecule has 1 aromatic rings. The van der Waals surface area contributed by atoms with Crippen LogP contribution < -0.4 is 5.32 Å². The third-order valence-electron chi connectivity index (χ3n) is 3.92. The second kappa shape index (κ2) is 7.79. The summed E-state index contributed by atoms with van der Waals surface area (Å²) in [5, 5.41) is 3.40. The van der Waals surface area contributed by atoms with Gasteiger partial charge in [-0.3, -0.25) is 4.79 Å². The summed E-state index contributed by atoms with van der Waals surface area (Å²) in [5.74, 6) is 0.987. The Hall–Kier alpha value is -0.870. The number of piperidine rings is 1. The number of benzene rings is 1. The number of carbonyl (C=O) groups excluding carboxylic acids is 1. The standard InChI is InChI=1S/C16H23BrN2O/c1-2-18-12-14-7-9-19(10-8-14)16(20)11-13-3-5-15(17)6-4-13/h3-6,14,18H,2,7-12H2,1H3. The van der Waals surface area contributed by atoms with Gasteiger partial charge in [0.25, 0.3) is 0 Å². The van der Waals surface area contributed by atoms with Crippen LogP contribution in [-0.4, -0.2) is 37.0 Å². The van der Waals surface area contributed by atoms with Gasteiger partial charge < -0.3 is 10.2 Å².